The van der Waals surface area contributed by atoms with E-state index in [0.29, 0.717) is 23.2 Å². The minimum Gasteiger partial charge on any atom is -0.324 e. The summed E-state index contributed by atoms with van der Waals surface area (Å²) >= 11 is 0. The van der Waals surface area contributed by atoms with Crippen LogP contribution in [-0.4, -0.2) is 32.0 Å². The summed E-state index contributed by atoms with van der Waals surface area (Å²) in [6, 6.07) is 12.4. The van der Waals surface area contributed by atoms with Gasteiger partial charge in [-0.3, -0.25) is 19.3 Å². The maximum absolute atomic E-state index is 13.0. The number of hydrogen-bond donors (Lipinski definition) is 2. The highest BCUT2D eigenvalue weighted by molar-refractivity contribution is 7.90. The zero-order valence-corrected chi connectivity index (χ0v) is 17.3. The van der Waals surface area contributed by atoms with Gasteiger partial charge in [0.2, 0.25) is 5.91 Å². The summed E-state index contributed by atoms with van der Waals surface area (Å²) in [6.45, 7) is 5.28. The van der Waals surface area contributed by atoms with E-state index in [1.165, 1.54) is 13.0 Å². The van der Waals surface area contributed by atoms with E-state index in [0.717, 1.165) is 0 Å². The summed E-state index contributed by atoms with van der Waals surface area (Å²) in [5, 5.41) is 2.80. The van der Waals surface area contributed by atoms with Crippen LogP contribution in [0.2, 0.25) is 0 Å². The summed E-state index contributed by atoms with van der Waals surface area (Å²) in [4.78, 5) is 29.2. The third kappa shape index (κ3) is 4.37. The molecule has 8 heteroatoms. The molecule has 0 unspecified atom stereocenters. The smallest absolute Gasteiger partial charge is 0.263 e. The van der Waals surface area contributed by atoms with Crippen LogP contribution in [0.5, 0.6) is 0 Å². The summed E-state index contributed by atoms with van der Waals surface area (Å²) in [5.41, 5.74) is 1.43. The van der Waals surface area contributed by atoms with Gasteiger partial charge >= 0.3 is 0 Å². The van der Waals surface area contributed by atoms with E-state index in [2.05, 4.69) is 15.0 Å². The van der Waals surface area contributed by atoms with Gasteiger partial charge in [0.1, 0.15) is 11.9 Å². The molecule has 3 rings (SSSR count). The number of rotatable bonds is 6. The van der Waals surface area contributed by atoms with Crippen LogP contribution in [0.1, 0.15) is 43.1 Å². The predicted octanol–water partition coefficient (Wildman–Crippen LogP) is 2.98. The number of amidine groups is 1. The Morgan fingerprint density at radius 2 is 1.86 bits per heavy atom. The van der Waals surface area contributed by atoms with E-state index < -0.39 is 16.1 Å². The number of anilines is 1. The van der Waals surface area contributed by atoms with E-state index in [1.54, 1.807) is 42.5 Å². The van der Waals surface area contributed by atoms with E-state index in [9.17, 15) is 18.0 Å². The number of benzene rings is 2. The van der Waals surface area contributed by atoms with Crippen molar-refractivity contribution in [3.05, 3.63) is 59.7 Å². The van der Waals surface area contributed by atoms with E-state index in [1.807, 2.05) is 13.8 Å². The number of aliphatic imine (C=N–C) groups is 1. The molecule has 0 saturated carbocycles. The second-order valence-electron chi connectivity index (χ2n) is 7.04. The minimum absolute atomic E-state index is 0.100. The summed E-state index contributed by atoms with van der Waals surface area (Å²) in [6.07, 6.45) is 0.677. The fraction of sp³-hybridized carbons (Fsp3) is 0.286. The Labute approximate surface area is 170 Å². The number of ketones is 1. The van der Waals surface area contributed by atoms with Gasteiger partial charge in [0.05, 0.1) is 4.90 Å². The van der Waals surface area contributed by atoms with Crippen LogP contribution >= 0.6 is 0 Å². The molecule has 0 aromatic heterocycles. The molecule has 0 spiro atoms. The zero-order chi connectivity index (χ0) is 21.2. The highest BCUT2D eigenvalue weighted by Crippen LogP contribution is 2.24. The van der Waals surface area contributed by atoms with Crippen LogP contribution in [0.4, 0.5) is 5.69 Å². The molecule has 0 bridgehead atoms. The molecule has 1 aliphatic rings. The van der Waals surface area contributed by atoms with E-state index in [-0.39, 0.29) is 28.3 Å². The molecule has 2 aromatic rings. The maximum atomic E-state index is 13.0. The van der Waals surface area contributed by atoms with E-state index >= 15 is 0 Å². The molecule has 29 heavy (non-hydrogen) atoms. The second kappa shape index (κ2) is 8.16. The number of nitrogens with zero attached hydrogens (tertiary/aromatic N) is 1. The van der Waals surface area contributed by atoms with Crippen molar-refractivity contribution in [2.24, 2.45) is 10.9 Å². The van der Waals surface area contributed by atoms with Crippen molar-refractivity contribution in [1.82, 2.24) is 4.72 Å². The number of Topliss-reactive ketones (excluding diaryl/α,β-unsaturated/α-hetero) is 1. The number of carbonyl (C=O) groups is 2. The Balaban J connectivity index is 1.93. The molecule has 2 atom stereocenters. The summed E-state index contributed by atoms with van der Waals surface area (Å²) in [5.74, 6) is -0.429. The normalized spacial score (nSPS) is 17.8. The van der Waals surface area contributed by atoms with Crippen molar-refractivity contribution in [2.75, 3.05) is 5.32 Å². The molecule has 1 heterocycles. The average Bonchev–Trinajstić information content (AvgIpc) is 2.96. The Hall–Kier alpha value is -3.00. The quantitative estimate of drug-likeness (QED) is 0.710. The van der Waals surface area contributed by atoms with Crippen molar-refractivity contribution in [1.29, 1.82) is 0 Å². The molecule has 1 amide bonds. The van der Waals surface area contributed by atoms with Crippen LogP contribution in [0.3, 0.4) is 0 Å². The topological polar surface area (TPSA) is 105 Å². The van der Waals surface area contributed by atoms with E-state index in [4.69, 9.17) is 0 Å². The number of hydrogen-bond acceptors (Lipinski definition) is 5. The standard InChI is InChI=1S/C21H23N3O4S/c1-4-13(2)19(21(26)22-16-9-7-8-15(12-16)14(3)25)23-20-17-10-5-6-11-18(17)29(27,28)24-20/h5-13,19H,4H2,1-3H3,(H,22,26)(H,23,24)/t13-,19-/m0/s1. The lowest BCUT2D eigenvalue weighted by atomic mass is 9.98. The average molecular weight is 413 g/mol. The summed E-state index contributed by atoms with van der Waals surface area (Å²) in [7, 11) is -3.68. The number of fused-ring (bicyclic) bond motifs is 1. The molecule has 7 nitrogen and oxygen atoms in total. The molecule has 1 aliphatic heterocycles. The zero-order valence-electron chi connectivity index (χ0n) is 16.5. The van der Waals surface area contributed by atoms with Crippen LogP contribution in [0, 0.1) is 5.92 Å². The molecule has 0 radical (unpaired) electrons. The first-order valence-electron chi connectivity index (χ1n) is 9.35. The number of amides is 1. The second-order valence-corrected chi connectivity index (χ2v) is 8.69. The van der Waals surface area contributed by atoms with Gasteiger partial charge < -0.3 is 5.32 Å². The number of carbonyl (C=O) groups excluding carboxylic acids is 2. The third-order valence-electron chi connectivity index (χ3n) is 4.92. The molecule has 2 aromatic carbocycles. The monoisotopic (exact) mass is 413 g/mol. The molecule has 0 saturated heterocycles. The number of sulfonamides is 1. The van der Waals surface area contributed by atoms with Gasteiger partial charge in [-0.25, -0.2) is 8.42 Å². The van der Waals surface area contributed by atoms with Gasteiger partial charge in [-0.2, -0.15) is 0 Å². The molecule has 0 fully saturated rings. The van der Waals surface area contributed by atoms with Crippen LogP contribution < -0.4 is 10.0 Å². The van der Waals surface area contributed by atoms with Gasteiger partial charge in [-0.05, 0) is 37.1 Å². The van der Waals surface area contributed by atoms with Crippen LogP contribution in [0.25, 0.3) is 0 Å². The fourth-order valence-corrected chi connectivity index (χ4v) is 4.31. The molecule has 152 valence electrons. The van der Waals surface area contributed by atoms with Gasteiger partial charge in [-0.15, -0.1) is 0 Å². The molecule has 0 aliphatic carbocycles. The first kappa shape index (κ1) is 20.7. The van der Waals surface area contributed by atoms with Gasteiger partial charge in [0, 0.05) is 16.8 Å². The van der Waals surface area contributed by atoms with Gasteiger partial charge in [-0.1, -0.05) is 44.5 Å². The Bertz CT molecular complexity index is 1090. The largest absolute Gasteiger partial charge is 0.324 e. The third-order valence-corrected chi connectivity index (χ3v) is 6.32. The molecular weight excluding hydrogens is 390 g/mol. The van der Waals surface area contributed by atoms with Crippen molar-refractivity contribution in [2.45, 2.75) is 38.1 Å². The Morgan fingerprint density at radius 1 is 1.14 bits per heavy atom. The molecule has 2 N–H and O–H groups in total. The van der Waals surface area contributed by atoms with Crippen LogP contribution in [-0.2, 0) is 14.8 Å². The maximum Gasteiger partial charge on any atom is 0.263 e. The SMILES string of the molecule is CC[C@H](C)[C@H](N=C1NS(=O)(=O)c2ccccc21)C(=O)Nc1cccc(C(C)=O)c1. The van der Waals surface area contributed by atoms with Crippen LogP contribution in [0.15, 0.2) is 58.4 Å². The van der Waals surface area contributed by atoms with Crippen molar-refractivity contribution < 1.29 is 18.0 Å². The lowest BCUT2D eigenvalue weighted by molar-refractivity contribution is -0.118. The lowest BCUT2D eigenvalue weighted by Crippen LogP contribution is -2.34. The van der Waals surface area contributed by atoms with Gasteiger partial charge in [0.15, 0.2) is 5.78 Å². The highest BCUT2D eigenvalue weighted by atomic mass is 32.2. The fourth-order valence-electron chi connectivity index (χ4n) is 3.07. The van der Waals surface area contributed by atoms with Gasteiger partial charge in [0.25, 0.3) is 10.0 Å². The lowest BCUT2D eigenvalue weighted by Gasteiger charge is -2.19. The summed E-state index contributed by atoms with van der Waals surface area (Å²) < 4.78 is 27.1. The van der Waals surface area contributed by atoms with Crippen molar-refractivity contribution >= 4 is 33.2 Å². The first-order valence-corrected chi connectivity index (χ1v) is 10.8. The number of nitrogens with one attached hydrogen (secondary N) is 2. The molecular formula is C21H23N3O4S. The van der Waals surface area contributed by atoms with Crippen molar-refractivity contribution in [3.63, 3.8) is 0 Å². The van der Waals surface area contributed by atoms with Crippen molar-refractivity contribution in [3.8, 4) is 0 Å². The Kier molecular flexibility index (Phi) is 5.83. The predicted molar refractivity (Wildman–Crippen MR) is 112 cm³/mol. The Morgan fingerprint density at radius 3 is 2.55 bits per heavy atom. The highest BCUT2D eigenvalue weighted by Gasteiger charge is 2.33. The first-order chi connectivity index (χ1) is 13.7. The minimum atomic E-state index is -3.68.